The average Bonchev–Trinajstić information content (AvgIpc) is 2.78. The number of aromatic amines is 1. The number of hydrogen-bond donors (Lipinski definition) is 3. The van der Waals surface area contributed by atoms with Crippen molar-refractivity contribution in [2.75, 3.05) is 4.72 Å². The zero-order chi connectivity index (χ0) is 13.2. The van der Waals surface area contributed by atoms with Crippen molar-refractivity contribution in [2.45, 2.75) is 4.90 Å². The molecule has 2 aromatic heterocycles. The van der Waals surface area contributed by atoms with Crippen LogP contribution >= 0.6 is 12.2 Å². The molecule has 7 nitrogen and oxygen atoms in total. The van der Waals surface area contributed by atoms with Crippen molar-refractivity contribution < 1.29 is 8.42 Å². The van der Waals surface area contributed by atoms with Crippen molar-refractivity contribution in [2.24, 2.45) is 5.73 Å². The summed E-state index contributed by atoms with van der Waals surface area (Å²) in [5.74, 6) is 0.131. The second-order valence-corrected chi connectivity index (χ2v) is 5.44. The molecule has 0 spiro atoms. The molecule has 9 heteroatoms. The van der Waals surface area contributed by atoms with Crippen LogP contribution in [0, 0.1) is 0 Å². The maximum absolute atomic E-state index is 12.0. The van der Waals surface area contributed by atoms with Gasteiger partial charge in [0.15, 0.2) is 0 Å². The van der Waals surface area contributed by atoms with Crippen LogP contribution in [0.5, 0.6) is 0 Å². The summed E-state index contributed by atoms with van der Waals surface area (Å²) in [4.78, 5) is 3.83. The van der Waals surface area contributed by atoms with E-state index >= 15 is 0 Å². The van der Waals surface area contributed by atoms with Gasteiger partial charge in [-0.15, -0.1) is 0 Å². The van der Waals surface area contributed by atoms with E-state index in [1.807, 2.05) is 0 Å². The number of aromatic nitrogens is 3. The number of sulfonamides is 1. The van der Waals surface area contributed by atoms with E-state index in [0.717, 1.165) is 0 Å². The van der Waals surface area contributed by atoms with Crippen LogP contribution in [-0.2, 0) is 10.0 Å². The normalized spacial score (nSPS) is 11.1. The van der Waals surface area contributed by atoms with Crippen LogP contribution in [0.25, 0.3) is 0 Å². The lowest BCUT2D eigenvalue weighted by atomic mass is 10.3. The molecule has 4 N–H and O–H groups in total. The second kappa shape index (κ2) is 4.70. The van der Waals surface area contributed by atoms with Gasteiger partial charge in [0.05, 0.1) is 11.8 Å². The van der Waals surface area contributed by atoms with E-state index in [2.05, 4.69) is 19.9 Å². The molecule has 2 aromatic rings. The average molecular weight is 283 g/mol. The van der Waals surface area contributed by atoms with Crippen LogP contribution < -0.4 is 10.5 Å². The lowest BCUT2D eigenvalue weighted by Gasteiger charge is -2.06. The molecule has 0 aliphatic rings. The maximum Gasteiger partial charge on any atom is 0.264 e. The summed E-state index contributed by atoms with van der Waals surface area (Å²) in [6.45, 7) is 0. The monoisotopic (exact) mass is 283 g/mol. The standard InChI is InChI=1S/C9H9N5O2S2/c10-8(17)7-5-12-13-9(7)14-18(15,16)6-2-1-3-11-4-6/h1-5H,(H2,10,17)(H2,12,13,14). The summed E-state index contributed by atoms with van der Waals surface area (Å²) in [5.41, 5.74) is 5.77. The molecule has 0 radical (unpaired) electrons. The number of hydrogen-bond acceptors (Lipinski definition) is 5. The van der Waals surface area contributed by atoms with Crippen molar-refractivity contribution in [3.63, 3.8) is 0 Å². The van der Waals surface area contributed by atoms with Crippen LogP contribution in [-0.4, -0.2) is 28.6 Å². The minimum absolute atomic E-state index is 0.0356. The third-order valence-electron chi connectivity index (χ3n) is 2.09. The van der Waals surface area contributed by atoms with Crippen LogP contribution in [0.15, 0.2) is 35.6 Å². The Hall–Kier alpha value is -2.00. The number of H-pyrrole nitrogens is 1. The highest BCUT2D eigenvalue weighted by Crippen LogP contribution is 2.16. The number of anilines is 1. The number of rotatable bonds is 4. The molecule has 0 amide bonds. The fraction of sp³-hybridized carbons (Fsp3) is 0. The Morgan fingerprint density at radius 1 is 1.44 bits per heavy atom. The number of pyridine rings is 1. The van der Waals surface area contributed by atoms with Crippen molar-refractivity contribution in [1.29, 1.82) is 0 Å². The first kappa shape index (κ1) is 12.5. The molecule has 2 rings (SSSR count). The van der Waals surface area contributed by atoms with E-state index in [-0.39, 0.29) is 15.7 Å². The van der Waals surface area contributed by atoms with Gasteiger partial charge < -0.3 is 5.73 Å². The third-order valence-corrected chi connectivity index (χ3v) is 3.64. The van der Waals surface area contributed by atoms with Crippen molar-refractivity contribution >= 4 is 33.0 Å². The molecule has 0 fully saturated rings. The minimum Gasteiger partial charge on any atom is -0.389 e. The Morgan fingerprint density at radius 3 is 2.83 bits per heavy atom. The van der Waals surface area contributed by atoms with E-state index in [9.17, 15) is 8.42 Å². The minimum atomic E-state index is -3.74. The van der Waals surface area contributed by atoms with Gasteiger partial charge >= 0.3 is 0 Å². The van der Waals surface area contributed by atoms with Crippen LogP contribution in [0.2, 0.25) is 0 Å². The van der Waals surface area contributed by atoms with Crippen LogP contribution in [0.4, 0.5) is 5.82 Å². The van der Waals surface area contributed by atoms with E-state index in [1.165, 1.54) is 30.7 Å². The third kappa shape index (κ3) is 2.46. The van der Waals surface area contributed by atoms with E-state index < -0.39 is 10.0 Å². The zero-order valence-corrected chi connectivity index (χ0v) is 10.6. The Labute approximate surface area is 108 Å². The molecule has 18 heavy (non-hydrogen) atoms. The van der Waals surface area contributed by atoms with E-state index in [0.29, 0.717) is 5.56 Å². The maximum atomic E-state index is 12.0. The molecule has 0 bridgehead atoms. The highest BCUT2D eigenvalue weighted by molar-refractivity contribution is 7.92. The molecule has 0 unspecified atom stereocenters. The summed E-state index contributed by atoms with van der Waals surface area (Å²) in [5, 5.41) is 6.17. The first-order chi connectivity index (χ1) is 8.50. The van der Waals surface area contributed by atoms with Gasteiger partial charge in [-0.2, -0.15) is 5.10 Å². The predicted molar refractivity (Wildman–Crippen MR) is 69.5 cm³/mol. The largest absolute Gasteiger partial charge is 0.389 e. The number of thiocarbonyl (C=S) groups is 1. The summed E-state index contributed by atoms with van der Waals surface area (Å²) >= 11 is 4.78. The summed E-state index contributed by atoms with van der Waals surface area (Å²) in [6.07, 6.45) is 4.07. The van der Waals surface area contributed by atoms with Crippen LogP contribution in [0.3, 0.4) is 0 Å². The molecular weight excluding hydrogens is 274 g/mol. The fourth-order valence-corrected chi connectivity index (χ4v) is 2.40. The fourth-order valence-electron chi connectivity index (χ4n) is 1.25. The number of nitrogens with two attached hydrogens (primary N) is 1. The molecule has 0 aliphatic heterocycles. The summed E-state index contributed by atoms with van der Waals surface area (Å²) in [6, 6.07) is 2.95. The van der Waals surface area contributed by atoms with Crippen LogP contribution in [0.1, 0.15) is 5.56 Å². The van der Waals surface area contributed by atoms with Crippen molar-refractivity contribution in [3.8, 4) is 0 Å². The topological polar surface area (TPSA) is 114 Å². The number of nitrogens with one attached hydrogen (secondary N) is 2. The zero-order valence-electron chi connectivity index (χ0n) is 8.99. The molecule has 94 valence electrons. The van der Waals surface area contributed by atoms with Gasteiger partial charge in [0.2, 0.25) is 0 Å². The van der Waals surface area contributed by atoms with E-state index in [4.69, 9.17) is 18.0 Å². The highest BCUT2D eigenvalue weighted by Gasteiger charge is 2.18. The van der Waals surface area contributed by atoms with Gasteiger partial charge in [0.1, 0.15) is 15.7 Å². The van der Waals surface area contributed by atoms with Gasteiger partial charge in [-0.05, 0) is 12.1 Å². The summed E-state index contributed by atoms with van der Waals surface area (Å²) < 4.78 is 26.3. The van der Waals surface area contributed by atoms with Gasteiger partial charge in [0.25, 0.3) is 10.0 Å². The first-order valence-corrected chi connectivity index (χ1v) is 6.66. The second-order valence-electron chi connectivity index (χ2n) is 3.32. The molecule has 0 aliphatic carbocycles. The van der Waals surface area contributed by atoms with Crippen molar-refractivity contribution in [1.82, 2.24) is 15.2 Å². The lowest BCUT2D eigenvalue weighted by Crippen LogP contribution is -2.17. The molecule has 0 saturated carbocycles. The lowest BCUT2D eigenvalue weighted by molar-refractivity contribution is 0.600. The van der Waals surface area contributed by atoms with Gasteiger partial charge in [-0.1, -0.05) is 12.2 Å². The molecule has 0 atom stereocenters. The van der Waals surface area contributed by atoms with Gasteiger partial charge in [-0.3, -0.25) is 14.8 Å². The molecular formula is C9H9N5O2S2. The molecule has 0 saturated heterocycles. The highest BCUT2D eigenvalue weighted by atomic mass is 32.2. The smallest absolute Gasteiger partial charge is 0.264 e. The number of nitrogens with zero attached hydrogens (tertiary/aromatic N) is 2. The quantitative estimate of drug-likeness (QED) is 0.693. The Balaban J connectivity index is 2.34. The summed E-state index contributed by atoms with van der Waals surface area (Å²) in [7, 11) is -3.74. The predicted octanol–water partition coefficient (Wildman–Crippen LogP) is 0.240. The van der Waals surface area contributed by atoms with Crippen molar-refractivity contribution in [3.05, 3.63) is 36.3 Å². The van der Waals surface area contributed by atoms with Gasteiger partial charge in [0, 0.05) is 12.4 Å². The molecule has 2 heterocycles. The molecule has 0 aromatic carbocycles. The first-order valence-electron chi connectivity index (χ1n) is 4.77. The van der Waals surface area contributed by atoms with E-state index in [1.54, 1.807) is 0 Å². The Morgan fingerprint density at radius 2 is 2.22 bits per heavy atom. The van der Waals surface area contributed by atoms with Gasteiger partial charge in [-0.25, -0.2) is 8.42 Å². The Bertz CT molecular complexity index is 665. The SMILES string of the molecule is NC(=S)c1cn[nH]c1NS(=O)(=O)c1cccnc1. The Kier molecular flexibility index (Phi) is 3.26.